The minimum atomic E-state index is -0.318. The van der Waals surface area contributed by atoms with E-state index >= 15 is 0 Å². The number of rotatable bonds is 5. The number of hydrogen-bond donors (Lipinski definition) is 1. The fourth-order valence-electron chi connectivity index (χ4n) is 1.15. The molecule has 0 aromatic heterocycles. The van der Waals surface area contributed by atoms with Gasteiger partial charge in [-0.2, -0.15) is 0 Å². The number of benzene rings is 1. The van der Waals surface area contributed by atoms with Crippen LogP contribution in [0.1, 0.15) is 30.6 Å². The number of carbonyl (C=O) groups excluding carboxylic acids is 1. The molecule has 0 fully saturated rings. The summed E-state index contributed by atoms with van der Waals surface area (Å²) in [5.41, 5.74) is 0.548. The van der Waals surface area contributed by atoms with Gasteiger partial charge in [-0.15, -0.1) is 0 Å². The van der Waals surface area contributed by atoms with Gasteiger partial charge in [-0.1, -0.05) is 6.92 Å². The third-order valence-corrected chi connectivity index (χ3v) is 2.39. The smallest absolute Gasteiger partial charge is 0.176 e. The number of hydrogen-bond acceptors (Lipinski definition) is 2. The van der Waals surface area contributed by atoms with Gasteiger partial charge < -0.3 is 5.32 Å². The van der Waals surface area contributed by atoms with Gasteiger partial charge in [-0.25, -0.2) is 4.39 Å². The average molecular weight is 209 g/mol. The second-order valence-electron chi connectivity index (χ2n) is 3.62. The molecule has 0 heterocycles. The van der Waals surface area contributed by atoms with Crippen LogP contribution >= 0.6 is 0 Å². The fraction of sp³-hybridized carbons (Fsp3) is 0.417. The van der Waals surface area contributed by atoms with Crippen molar-refractivity contribution in [1.29, 1.82) is 0 Å². The van der Waals surface area contributed by atoms with Crippen molar-refractivity contribution >= 4 is 5.78 Å². The van der Waals surface area contributed by atoms with E-state index in [-0.39, 0.29) is 11.6 Å². The Labute approximate surface area is 89.5 Å². The SMILES string of the molecule is CCC(C)NCC(=O)c1ccc(F)cc1. The lowest BCUT2D eigenvalue weighted by Crippen LogP contribution is -2.30. The molecular weight excluding hydrogens is 193 g/mol. The largest absolute Gasteiger partial charge is 0.307 e. The van der Waals surface area contributed by atoms with Gasteiger partial charge in [-0.3, -0.25) is 4.79 Å². The van der Waals surface area contributed by atoms with E-state index in [2.05, 4.69) is 12.2 Å². The Balaban J connectivity index is 2.50. The average Bonchev–Trinajstić information content (AvgIpc) is 2.26. The van der Waals surface area contributed by atoms with Gasteiger partial charge in [0, 0.05) is 11.6 Å². The predicted molar refractivity (Wildman–Crippen MR) is 58.5 cm³/mol. The topological polar surface area (TPSA) is 29.1 Å². The molecule has 0 aliphatic heterocycles. The fourth-order valence-corrected chi connectivity index (χ4v) is 1.15. The van der Waals surface area contributed by atoms with E-state index in [4.69, 9.17) is 0 Å². The van der Waals surface area contributed by atoms with E-state index in [0.717, 1.165) is 6.42 Å². The lowest BCUT2D eigenvalue weighted by Gasteiger charge is -2.10. The van der Waals surface area contributed by atoms with Gasteiger partial charge in [0.25, 0.3) is 0 Å². The molecule has 0 aliphatic rings. The molecule has 1 aromatic rings. The molecule has 0 spiro atoms. The van der Waals surface area contributed by atoms with Crippen LogP contribution < -0.4 is 5.32 Å². The maximum atomic E-state index is 12.6. The van der Waals surface area contributed by atoms with E-state index < -0.39 is 0 Å². The first-order valence-corrected chi connectivity index (χ1v) is 5.15. The van der Waals surface area contributed by atoms with Crippen LogP contribution in [0.4, 0.5) is 4.39 Å². The molecule has 1 atom stereocenters. The summed E-state index contributed by atoms with van der Waals surface area (Å²) in [7, 11) is 0. The van der Waals surface area contributed by atoms with Gasteiger partial charge in [-0.05, 0) is 37.6 Å². The zero-order valence-electron chi connectivity index (χ0n) is 9.09. The van der Waals surface area contributed by atoms with Crippen LogP contribution in [-0.4, -0.2) is 18.4 Å². The second kappa shape index (κ2) is 5.61. The highest BCUT2D eigenvalue weighted by atomic mass is 19.1. The lowest BCUT2D eigenvalue weighted by atomic mass is 10.1. The summed E-state index contributed by atoms with van der Waals surface area (Å²) in [5.74, 6) is -0.322. The molecule has 0 amide bonds. The van der Waals surface area contributed by atoms with Gasteiger partial charge in [0.1, 0.15) is 5.82 Å². The van der Waals surface area contributed by atoms with E-state index in [9.17, 15) is 9.18 Å². The Morgan fingerprint density at radius 2 is 2.00 bits per heavy atom. The van der Waals surface area contributed by atoms with Crippen molar-refractivity contribution in [3.05, 3.63) is 35.6 Å². The standard InChI is InChI=1S/C12H16FNO/c1-3-9(2)14-8-12(15)10-4-6-11(13)7-5-10/h4-7,9,14H,3,8H2,1-2H3. The molecule has 1 rings (SSSR count). The highest BCUT2D eigenvalue weighted by Gasteiger charge is 2.06. The van der Waals surface area contributed by atoms with E-state index in [1.54, 1.807) is 0 Å². The normalized spacial score (nSPS) is 12.5. The summed E-state index contributed by atoms with van der Waals surface area (Å²) in [5, 5.41) is 3.10. The Morgan fingerprint density at radius 1 is 1.40 bits per heavy atom. The molecule has 0 saturated heterocycles. The molecule has 0 aliphatic carbocycles. The van der Waals surface area contributed by atoms with Crippen molar-refractivity contribution < 1.29 is 9.18 Å². The molecule has 1 aromatic carbocycles. The van der Waals surface area contributed by atoms with Crippen LogP contribution in [0.2, 0.25) is 0 Å². The van der Waals surface area contributed by atoms with Gasteiger partial charge >= 0.3 is 0 Å². The quantitative estimate of drug-likeness (QED) is 0.754. The van der Waals surface area contributed by atoms with Crippen LogP contribution in [0.5, 0.6) is 0 Å². The van der Waals surface area contributed by atoms with Crippen molar-refractivity contribution in [3.63, 3.8) is 0 Å². The number of Topliss-reactive ketones (excluding diaryl/α,β-unsaturated/α-hetero) is 1. The molecule has 2 nitrogen and oxygen atoms in total. The lowest BCUT2D eigenvalue weighted by molar-refractivity contribution is 0.0987. The summed E-state index contributed by atoms with van der Waals surface area (Å²) in [6.45, 7) is 4.39. The summed E-state index contributed by atoms with van der Waals surface area (Å²) in [4.78, 5) is 11.6. The van der Waals surface area contributed by atoms with Crippen LogP contribution in [0, 0.1) is 5.82 Å². The van der Waals surface area contributed by atoms with Crippen molar-refractivity contribution in [2.75, 3.05) is 6.54 Å². The van der Waals surface area contributed by atoms with E-state index in [0.29, 0.717) is 18.2 Å². The molecule has 0 radical (unpaired) electrons. The predicted octanol–water partition coefficient (Wildman–Crippen LogP) is 2.40. The molecule has 0 saturated carbocycles. The maximum absolute atomic E-state index is 12.6. The second-order valence-corrected chi connectivity index (χ2v) is 3.62. The molecule has 0 bridgehead atoms. The van der Waals surface area contributed by atoms with Crippen molar-refractivity contribution in [2.45, 2.75) is 26.3 Å². The van der Waals surface area contributed by atoms with Crippen molar-refractivity contribution in [3.8, 4) is 0 Å². The summed E-state index contributed by atoms with van der Waals surface area (Å²) in [6, 6.07) is 5.95. The monoisotopic (exact) mass is 209 g/mol. The third-order valence-electron chi connectivity index (χ3n) is 2.39. The molecule has 15 heavy (non-hydrogen) atoms. The third kappa shape index (κ3) is 3.80. The minimum absolute atomic E-state index is 0.00435. The van der Waals surface area contributed by atoms with Gasteiger partial charge in [0.2, 0.25) is 0 Å². The van der Waals surface area contributed by atoms with E-state index in [1.807, 2.05) is 6.92 Å². The molecule has 1 N–H and O–H groups in total. The van der Waals surface area contributed by atoms with Crippen molar-refractivity contribution in [1.82, 2.24) is 5.32 Å². The van der Waals surface area contributed by atoms with Crippen LogP contribution in [0.3, 0.4) is 0 Å². The van der Waals surface area contributed by atoms with Gasteiger partial charge in [0.05, 0.1) is 6.54 Å². The van der Waals surface area contributed by atoms with Crippen molar-refractivity contribution in [2.24, 2.45) is 0 Å². The van der Waals surface area contributed by atoms with Gasteiger partial charge in [0.15, 0.2) is 5.78 Å². The highest BCUT2D eigenvalue weighted by Crippen LogP contribution is 2.03. The number of ketones is 1. The summed E-state index contributed by atoms with van der Waals surface area (Å²) < 4.78 is 12.6. The first kappa shape index (κ1) is 11.9. The van der Waals surface area contributed by atoms with E-state index in [1.165, 1.54) is 24.3 Å². The van der Waals surface area contributed by atoms with Crippen LogP contribution in [-0.2, 0) is 0 Å². The zero-order valence-corrected chi connectivity index (χ0v) is 9.09. The Kier molecular flexibility index (Phi) is 4.43. The maximum Gasteiger partial charge on any atom is 0.176 e. The summed E-state index contributed by atoms with van der Waals surface area (Å²) in [6.07, 6.45) is 0.983. The number of carbonyl (C=O) groups is 1. The minimum Gasteiger partial charge on any atom is -0.307 e. The highest BCUT2D eigenvalue weighted by molar-refractivity contribution is 5.97. The summed E-state index contributed by atoms with van der Waals surface area (Å²) >= 11 is 0. The first-order valence-electron chi connectivity index (χ1n) is 5.15. The molecular formula is C12H16FNO. The number of halogens is 1. The van der Waals surface area contributed by atoms with Crippen LogP contribution in [0.25, 0.3) is 0 Å². The Hall–Kier alpha value is -1.22. The Bertz CT molecular complexity index is 321. The number of nitrogens with one attached hydrogen (secondary N) is 1. The molecule has 1 unspecified atom stereocenters. The first-order chi connectivity index (χ1) is 7.13. The Morgan fingerprint density at radius 3 is 2.53 bits per heavy atom. The zero-order chi connectivity index (χ0) is 11.3. The molecule has 82 valence electrons. The van der Waals surface area contributed by atoms with Crippen LogP contribution in [0.15, 0.2) is 24.3 Å². The molecule has 3 heteroatoms.